The molecular formula is C21H27N3O2. The van der Waals surface area contributed by atoms with E-state index in [1.807, 2.05) is 30.3 Å². The average Bonchev–Trinajstić information content (AvgIpc) is 2.92. The summed E-state index contributed by atoms with van der Waals surface area (Å²) in [6.07, 6.45) is 11.1. The third-order valence-corrected chi connectivity index (χ3v) is 4.89. The predicted molar refractivity (Wildman–Crippen MR) is 103 cm³/mol. The van der Waals surface area contributed by atoms with Crippen LogP contribution in [0.25, 0.3) is 0 Å². The number of hydrogen-bond acceptors (Lipinski definition) is 3. The van der Waals surface area contributed by atoms with E-state index in [1.165, 1.54) is 0 Å². The first-order valence-electron chi connectivity index (χ1n) is 9.40. The maximum Gasteiger partial charge on any atom is 0.239 e. The van der Waals surface area contributed by atoms with Crippen molar-refractivity contribution in [1.29, 1.82) is 0 Å². The summed E-state index contributed by atoms with van der Waals surface area (Å²) in [5, 5.41) is 2.93. The van der Waals surface area contributed by atoms with Crippen LogP contribution in [0.1, 0.15) is 26.2 Å². The van der Waals surface area contributed by atoms with Crippen molar-refractivity contribution in [2.75, 3.05) is 24.5 Å². The van der Waals surface area contributed by atoms with E-state index in [2.05, 4.69) is 41.7 Å². The lowest BCUT2D eigenvalue weighted by Crippen LogP contribution is -2.37. The minimum atomic E-state index is -0.561. The van der Waals surface area contributed by atoms with Crippen molar-refractivity contribution in [3.63, 3.8) is 0 Å². The Morgan fingerprint density at radius 1 is 1.23 bits per heavy atom. The lowest BCUT2D eigenvalue weighted by molar-refractivity contribution is -0.132. The van der Waals surface area contributed by atoms with Gasteiger partial charge in [-0.15, -0.1) is 0 Å². The van der Waals surface area contributed by atoms with E-state index >= 15 is 0 Å². The van der Waals surface area contributed by atoms with Crippen LogP contribution in [0.3, 0.4) is 0 Å². The number of allylic oxidation sites excluding steroid dienone is 2. The van der Waals surface area contributed by atoms with Crippen LogP contribution in [0.15, 0.2) is 54.9 Å². The van der Waals surface area contributed by atoms with Crippen molar-refractivity contribution in [1.82, 2.24) is 10.2 Å². The van der Waals surface area contributed by atoms with Crippen molar-refractivity contribution < 1.29 is 9.59 Å². The van der Waals surface area contributed by atoms with Crippen LogP contribution in [0, 0.1) is 11.8 Å². The number of anilines is 1. The van der Waals surface area contributed by atoms with Crippen LogP contribution in [-0.2, 0) is 9.59 Å². The number of carbonyl (C=O) groups excluding carboxylic acids is 2. The maximum absolute atomic E-state index is 12.5. The largest absolute Gasteiger partial charge is 0.355 e. The molecule has 1 aromatic rings. The molecule has 2 aliphatic heterocycles. The van der Waals surface area contributed by atoms with Gasteiger partial charge in [-0.05, 0) is 49.7 Å². The van der Waals surface area contributed by atoms with Crippen molar-refractivity contribution in [3.05, 3.63) is 54.9 Å². The van der Waals surface area contributed by atoms with E-state index < -0.39 is 5.92 Å². The number of nitrogens with one attached hydrogen (secondary N) is 1. The third-order valence-electron chi connectivity index (χ3n) is 4.89. The van der Waals surface area contributed by atoms with Crippen LogP contribution >= 0.6 is 0 Å². The van der Waals surface area contributed by atoms with E-state index in [4.69, 9.17) is 0 Å². The SMILES string of the molecule is CC1C=CN(CCCNC(=O)C2CCN(c3ccccc3)C2=O)C=CC1. The minimum absolute atomic E-state index is 0.0962. The fraction of sp³-hybridized carbons (Fsp3) is 0.429. The predicted octanol–water partition coefficient (Wildman–Crippen LogP) is 2.92. The van der Waals surface area contributed by atoms with Gasteiger partial charge in [0.05, 0.1) is 0 Å². The minimum Gasteiger partial charge on any atom is -0.355 e. The number of para-hydroxylation sites is 1. The van der Waals surface area contributed by atoms with Gasteiger partial charge in [0.15, 0.2) is 0 Å². The fourth-order valence-electron chi connectivity index (χ4n) is 3.33. The molecule has 0 spiro atoms. The normalized spacial score (nSPS) is 22.6. The summed E-state index contributed by atoms with van der Waals surface area (Å²) in [5.41, 5.74) is 0.863. The van der Waals surface area contributed by atoms with Gasteiger partial charge < -0.3 is 15.1 Å². The van der Waals surface area contributed by atoms with Crippen molar-refractivity contribution in [2.24, 2.45) is 11.8 Å². The first kappa shape index (κ1) is 18.2. The molecule has 0 radical (unpaired) electrons. The van der Waals surface area contributed by atoms with E-state index in [0.29, 0.717) is 25.4 Å². The first-order valence-corrected chi connectivity index (χ1v) is 9.40. The molecule has 138 valence electrons. The Kier molecular flexibility index (Phi) is 6.10. The second kappa shape index (κ2) is 8.70. The quantitative estimate of drug-likeness (QED) is 0.632. The van der Waals surface area contributed by atoms with E-state index in [0.717, 1.165) is 25.1 Å². The second-order valence-electron chi connectivity index (χ2n) is 6.99. The molecule has 1 saturated heterocycles. The molecule has 0 saturated carbocycles. The monoisotopic (exact) mass is 353 g/mol. The number of hydrogen-bond donors (Lipinski definition) is 1. The van der Waals surface area contributed by atoms with Crippen molar-refractivity contribution in [3.8, 4) is 0 Å². The topological polar surface area (TPSA) is 52.7 Å². The zero-order chi connectivity index (χ0) is 18.4. The molecule has 0 bridgehead atoms. The molecule has 1 N–H and O–H groups in total. The Labute approximate surface area is 155 Å². The summed E-state index contributed by atoms with van der Waals surface area (Å²) >= 11 is 0. The number of rotatable bonds is 6. The molecule has 2 aliphatic rings. The maximum atomic E-state index is 12.5. The van der Waals surface area contributed by atoms with Gasteiger partial charge >= 0.3 is 0 Å². The summed E-state index contributed by atoms with van der Waals surface area (Å²) in [4.78, 5) is 28.8. The molecule has 2 heterocycles. The van der Waals surface area contributed by atoms with Gasteiger partial charge in [0, 0.05) is 25.3 Å². The second-order valence-corrected chi connectivity index (χ2v) is 6.99. The molecule has 0 aliphatic carbocycles. The lowest BCUT2D eigenvalue weighted by atomic mass is 10.1. The van der Waals surface area contributed by atoms with Crippen LogP contribution in [-0.4, -0.2) is 36.3 Å². The average molecular weight is 353 g/mol. The number of amides is 2. The fourth-order valence-corrected chi connectivity index (χ4v) is 3.33. The summed E-state index contributed by atoms with van der Waals surface area (Å²) in [5.74, 6) is -0.240. The van der Waals surface area contributed by atoms with Gasteiger partial charge in [0.2, 0.25) is 11.8 Å². The van der Waals surface area contributed by atoms with Gasteiger partial charge in [-0.25, -0.2) is 0 Å². The highest BCUT2D eigenvalue weighted by Crippen LogP contribution is 2.25. The number of carbonyl (C=O) groups is 2. The zero-order valence-corrected chi connectivity index (χ0v) is 15.3. The van der Waals surface area contributed by atoms with Crippen molar-refractivity contribution in [2.45, 2.75) is 26.2 Å². The third kappa shape index (κ3) is 4.54. The molecular weight excluding hydrogens is 326 g/mol. The summed E-state index contributed by atoms with van der Waals surface area (Å²) in [6.45, 7) is 4.24. The summed E-state index contributed by atoms with van der Waals surface area (Å²) in [7, 11) is 0. The Balaban J connectivity index is 1.43. The van der Waals surface area contributed by atoms with Gasteiger partial charge in [0.1, 0.15) is 5.92 Å². The Morgan fingerprint density at radius 2 is 2.04 bits per heavy atom. The zero-order valence-electron chi connectivity index (χ0n) is 15.3. The highest BCUT2D eigenvalue weighted by atomic mass is 16.2. The summed E-state index contributed by atoms with van der Waals surface area (Å²) < 4.78 is 0. The van der Waals surface area contributed by atoms with Gasteiger partial charge in [0.25, 0.3) is 0 Å². The highest BCUT2D eigenvalue weighted by molar-refractivity contribution is 6.09. The van der Waals surface area contributed by atoms with Crippen LogP contribution < -0.4 is 10.2 Å². The molecule has 1 aromatic carbocycles. The van der Waals surface area contributed by atoms with E-state index in [9.17, 15) is 9.59 Å². The van der Waals surface area contributed by atoms with E-state index in [-0.39, 0.29) is 11.8 Å². The Bertz CT molecular complexity index is 684. The Morgan fingerprint density at radius 3 is 2.85 bits per heavy atom. The Hall–Kier alpha value is -2.56. The smallest absolute Gasteiger partial charge is 0.239 e. The first-order chi connectivity index (χ1) is 12.6. The molecule has 2 amide bonds. The molecule has 0 aromatic heterocycles. The molecule has 5 nitrogen and oxygen atoms in total. The molecule has 5 heteroatoms. The summed E-state index contributed by atoms with van der Waals surface area (Å²) in [6, 6.07) is 9.54. The van der Waals surface area contributed by atoms with E-state index in [1.54, 1.807) is 4.90 Å². The number of nitrogens with zero attached hydrogens (tertiary/aromatic N) is 2. The molecule has 3 rings (SSSR count). The highest BCUT2D eigenvalue weighted by Gasteiger charge is 2.37. The van der Waals surface area contributed by atoms with Crippen LogP contribution in [0.5, 0.6) is 0 Å². The standard InChI is InChI=1S/C21H27N3O2/c1-17-7-5-13-23(15-10-17)14-6-12-22-20(25)19-11-16-24(21(19)26)18-8-3-2-4-9-18/h2-5,8-10,13,15,17,19H,6-7,11-12,14,16H2,1H3,(H,22,25). The molecule has 2 unspecified atom stereocenters. The molecule has 1 fully saturated rings. The lowest BCUT2D eigenvalue weighted by Gasteiger charge is -2.17. The van der Waals surface area contributed by atoms with Crippen LogP contribution in [0.2, 0.25) is 0 Å². The van der Waals surface area contributed by atoms with Gasteiger partial charge in [-0.1, -0.05) is 37.3 Å². The molecule has 26 heavy (non-hydrogen) atoms. The van der Waals surface area contributed by atoms with Crippen LogP contribution in [0.4, 0.5) is 5.69 Å². The van der Waals surface area contributed by atoms with Gasteiger partial charge in [-0.2, -0.15) is 0 Å². The van der Waals surface area contributed by atoms with Gasteiger partial charge in [-0.3, -0.25) is 9.59 Å². The number of benzene rings is 1. The molecule has 2 atom stereocenters. The van der Waals surface area contributed by atoms with Crippen molar-refractivity contribution >= 4 is 17.5 Å².